The fourth-order valence-electron chi connectivity index (χ4n) is 2.26. The number of hydrogen-bond acceptors (Lipinski definition) is 3. The summed E-state index contributed by atoms with van der Waals surface area (Å²) in [5, 5.41) is 5.14. The highest BCUT2D eigenvalue weighted by atomic mass is 16.2. The number of carbonyl (C=O) groups is 3. The number of hydrogen-bond donors (Lipinski definition) is 2. The van der Waals surface area contributed by atoms with E-state index in [1.807, 2.05) is 19.1 Å². The molecular formula is C19H20N2O3. The van der Waals surface area contributed by atoms with Crippen molar-refractivity contribution in [2.75, 3.05) is 13.1 Å². The molecule has 0 bridgehead atoms. The highest BCUT2D eigenvalue weighted by Gasteiger charge is 2.18. The third-order valence-corrected chi connectivity index (χ3v) is 3.51. The molecular weight excluding hydrogens is 304 g/mol. The molecule has 0 spiro atoms. The molecule has 2 N–H and O–H groups in total. The number of rotatable bonds is 6. The summed E-state index contributed by atoms with van der Waals surface area (Å²) in [4.78, 5) is 36.4. The van der Waals surface area contributed by atoms with Gasteiger partial charge in [-0.2, -0.15) is 0 Å². The van der Waals surface area contributed by atoms with Gasteiger partial charge in [0.2, 0.25) is 5.91 Å². The number of likely N-dealkylation sites (N-methyl/N-ethyl adjacent to an activating group) is 1. The van der Waals surface area contributed by atoms with Crippen LogP contribution in [-0.4, -0.2) is 30.7 Å². The SMILES string of the molecule is CCNC(=O)CNC(=O)c1ccccc1C(=O)c1ccc(C)cc1. The molecule has 2 aromatic carbocycles. The minimum absolute atomic E-state index is 0.125. The summed E-state index contributed by atoms with van der Waals surface area (Å²) in [5.74, 6) is -0.940. The van der Waals surface area contributed by atoms with Crippen LogP contribution in [0, 0.1) is 6.92 Å². The lowest BCUT2D eigenvalue weighted by atomic mass is 9.97. The first-order chi connectivity index (χ1) is 11.5. The van der Waals surface area contributed by atoms with E-state index in [0.717, 1.165) is 5.56 Å². The maximum absolute atomic E-state index is 12.7. The van der Waals surface area contributed by atoms with E-state index in [1.165, 1.54) is 0 Å². The van der Waals surface area contributed by atoms with Gasteiger partial charge in [0.1, 0.15) is 0 Å². The Kier molecular flexibility index (Phi) is 5.84. The minimum atomic E-state index is -0.447. The quantitative estimate of drug-likeness (QED) is 0.799. The van der Waals surface area contributed by atoms with E-state index in [0.29, 0.717) is 17.7 Å². The van der Waals surface area contributed by atoms with E-state index in [1.54, 1.807) is 43.3 Å². The van der Waals surface area contributed by atoms with Gasteiger partial charge in [0.05, 0.1) is 12.1 Å². The highest BCUT2D eigenvalue weighted by molar-refractivity contribution is 6.15. The van der Waals surface area contributed by atoms with Gasteiger partial charge in [-0.05, 0) is 19.9 Å². The molecule has 0 aliphatic carbocycles. The van der Waals surface area contributed by atoms with Gasteiger partial charge < -0.3 is 10.6 Å². The van der Waals surface area contributed by atoms with Crippen molar-refractivity contribution in [2.45, 2.75) is 13.8 Å². The Morgan fingerprint density at radius 1 is 0.875 bits per heavy atom. The van der Waals surface area contributed by atoms with Crippen LogP contribution in [0.4, 0.5) is 0 Å². The molecule has 5 heteroatoms. The minimum Gasteiger partial charge on any atom is -0.355 e. The predicted octanol–water partition coefficient (Wildman–Crippen LogP) is 2.09. The fourth-order valence-corrected chi connectivity index (χ4v) is 2.26. The van der Waals surface area contributed by atoms with Gasteiger partial charge in [-0.3, -0.25) is 14.4 Å². The number of benzene rings is 2. The molecule has 24 heavy (non-hydrogen) atoms. The predicted molar refractivity (Wildman–Crippen MR) is 92.1 cm³/mol. The second-order valence-electron chi connectivity index (χ2n) is 5.38. The van der Waals surface area contributed by atoms with Gasteiger partial charge in [-0.25, -0.2) is 0 Å². The van der Waals surface area contributed by atoms with Crippen molar-refractivity contribution in [3.8, 4) is 0 Å². The van der Waals surface area contributed by atoms with Crippen LogP contribution < -0.4 is 10.6 Å². The summed E-state index contributed by atoms with van der Waals surface area (Å²) in [6.45, 7) is 4.11. The van der Waals surface area contributed by atoms with Crippen molar-refractivity contribution < 1.29 is 14.4 Å². The third-order valence-electron chi connectivity index (χ3n) is 3.51. The van der Waals surface area contributed by atoms with E-state index in [9.17, 15) is 14.4 Å². The van der Waals surface area contributed by atoms with Crippen LogP contribution in [-0.2, 0) is 4.79 Å². The largest absolute Gasteiger partial charge is 0.355 e. The third kappa shape index (κ3) is 4.29. The summed E-state index contributed by atoms with van der Waals surface area (Å²) >= 11 is 0. The Labute approximate surface area is 141 Å². The molecule has 2 amide bonds. The molecule has 0 fully saturated rings. The Bertz CT molecular complexity index is 751. The molecule has 0 heterocycles. The Hall–Kier alpha value is -2.95. The lowest BCUT2D eigenvalue weighted by Crippen LogP contribution is -2.37. The molecule has 0 radical (unpaired) electrons. The summed E-state index contributed by atoms with van der Waals surface area (Å²) in [6, 6.07) is 13.8. The molecule has 0 unspecified atom stereocenters. The molecule has 0 aromatic heterocycles. The van der Waals surface area contributed by atoms with Crippen LogP contribution in [0.1, 0.15) is 38.8 Å². The summed E-state index contributed by atoms with van der Waals surface area (Å²) in [6.07, 6.45) is 0. The van der Waals surface area contributed by atoms with E-state index in [2.05, 4.69) is 10.6 Å². The van der Waals surface area contributed by atoms with E-state index >= 15 is 0 Å². The van der Waals surface area contributed by atoms with Crippen molar-refractivity contribution >= 4 is 17.6 Å². The molecule has 0 saturated heterocycles. The number of aryl methyl sites for hydroxylation is 1. The Morgan fingerprint density at radius 2 is 1.50 bits per heavy atom. The van der Waals surface area contributed by atoms with Gasteiger partial charge in [-0.15, -0.1) is 0 Å². The highest BCUT2D eigenvalue weighted by Crippen LogP contribution is 2.15. The van der Waals surface area contributed by atoms with E-state index in [-0.39, 0.29) is 23.8 Å². The van der Waals surface area contributed by atoms with Gasteiger partial charge in [0, 0.05) is 17.7 Å². The maximum atomic E-state index is 12.7. The zero-order chi connectivity index (χ0) is 17.5. The van der Waals surface area contributed by atoms with Gasteiger partial charge in [0.15, 0.2) is 5.78 Å². The standard InChI is InChI=1S/C19H20N2O3/c1-3-20-17(22)12-21-19(24)16-7-5-4-6-15(16)18(23)14-10-8-13(2)9-11-14/h4-11H,3,12H2,1-2H3,(H,20,22)(H,21,24). The van der Waals surface area contributed by atoms with E-state index < -0.39 is 5.91 Å². The van der Waals surface area contributed by atoms with Crippen molar-refractivity contribution in [3.63, 3.8) is 0 Å². The van der Waals surface area contributed by atoms with Crippen LogP contribution >= 0.6 is 0 Å². The number of carbonyl (C=O) groups excluding carboxylic acids is 3. The van der Waals surface area contributed by atoms with Crippen LogP contribution in [0.2, 0.25) is 0 Å². The van der Waals surface area contributed by atoms with Gasteiger partial charge in [0.25, 0.3) is 5.91 Å². The molecule has 0 atom stereocenters. The van der Waals surface area contributed by atoms with Crippen molar-refractivity contribution in [2.24, 2.45) is 0 Å². The molecule has 5 nitrogen and oxygen atoms in total. The average molecular weight is 324 g/mol. The molecule has 124 valence electrons. The average Bonchev–Trinajstić information content (AvgIpc) is 2.60. The molecule has 2 aromatic rings. The number of nitrogens with one attached hydrogen (secondary N) is 2. The number of ketones is 1. The second-order valence-corrected chi connectivity index (χ2v) is 5.38. The topological polar surface area (TPSA) is 75.3 Å². The van der Waals surface area contributed by atoms with Crippen LogP contribution in [0.5, 0.6) is 0 Å². The zero-order valence-electron chi connectivity index (χ0n) is 13.8. The molecule has 0 aliphatic rings. The van der Waals surface area contributed by atoms with Crippen molar-refractivity contribution in [1.82, 2.24) is 10.6 Å². The van der Waals surface area contributed by atoms with Gasteiger partial charge >= 0.3 is 0 Å². The van der Waals surface area contributed by atoms with Gasteiger partial charge in [-0.1, -0.05) is 48.0 Å². The summed E-state index contributed by atoms with van der Waals surface area (Å²) < 4.78 is 0. The van der Waals surface area contributed by atoms with Crippen molar-refractivity contribution in [3.05, 3.63) is 70.8 Å². The Balaban J connectivity index is 2.20. The van der Waals surface area contributed by atoms with E-state index in [4.69, 9.17) is 0 Å². The van der Waals surface area contributed by atoms with Crippen molar-refractivity contribution in [1.29, 1.82) is 0 Å². The summed E-state index contributed by atoms with van der Waals surface area (Å²) in [5.41, 5.74) is 2.14. The monoisotopic (exact) mass is 324 g/mol. The molecule has 0 saturated carbocycles. The zero-order valence-corrected chi connectivity index (χ0v) is 13.8. The molecule has 0 aliphatic heterocycles. The molecule has 2 rings (SSSR count). The first-order valence-corrected chi connectivity index (χ1v) is 7.78. The van der Waals surface area contributed by atoms with Crippen LogP contribution in [0.25, 0.3) is 0 Å². The summed E-state index contributed by atoms with van der Waals surface area (Å²) in [7, 11) is 0. The normalized spacial score (nSPS) is 10.1. The second kappa shape index (κ2) is 8.06. The Morgan fingerprint density at radius 3 is 2.12 bits per heavy atom. The lowest BCUT2D eigenvalue weighted by Gasteiger charge is -2.10. The first-order valence-electron chi connectivity index (χ1n) is 7.78. The van der Waals surface area contributed by atoms with Crippen LogP contribution in [0.3, 0.4) is 0 Å². The smallest absolute Gasteiger partial charge is 0.252 e. The maximum Gasteiger partial charge on any atom is 0.252 e. The van der Waals surface area contributed by atoms with Crippen LogP contribution in [0.15, 0.2) is 48.5 Å². The number of amides is 2. The first kappa shape index (κ1) is 17.4. The lowest BCUT2D eigenvalue weighted by molar-refractivity contribution is -0.120. The fraction of sp³-hybridized carbons (Fsp3) is 0.211.